The van der Waals surface area contributed by atoms with Crippen LogP contribution in [0.5, 0.6) is 0 Å². The summed E-state index contributed by atoms with van der Waals surface area (Å²) in [6.07, 6.45) is 10.1. The molecule has 2 amide bonds. The van der Waals surface area contributed by atoms with Crippen molar-refractivity contribution in [3.8, 4) is 0 Å². The molecule has 0 spiro atoms. The molecule has 78 heavy (non-hydrogen) atoms. The highest BCUT2D eigenvalue weighted by Crippen LogP contribution is 2.38. The average Bonchev–Trinajstić information content (AvgIpc) is 3.46. The number of alkyl carbamates (subject to hydrolysis) is 1. The number of esters is 1. The second kappa shape index (κ2) is 31.2. The number of fused-ring (bicyclic) bond motifs is 3. The predicted octanol–water partition coefficient (Wildman–Crippen LogP) is 7.52. The number of cyclic esters (lactones) is 1. The Hall–Kier alpha value is -4.88. The standard InChI is InChI=1S/C61H90N2O15/c1-38-18-12-10-13-19-39(2)51(75-31-30-64)36-47-25-23-44(7)61(72,78-47)57(68)58(69)63-29-17-16-22-48(63)59(70)76-52(37-49(65)40(3)33-43(6)55(67)56(74-9)54(66)42(5)32-38)41(4)34-46-24-26-50(53(35-46)73-8)77-60(71)62-28-27-45-20-14-11-15-21-45/h10-15,18-21,33,38,40-42,44,46-48,50-53,55-56,64,67,72H,16-17,22-32,34-37H2,1-9H3,(H,62,71)/b13-10+,18-12+,39-19+,43-33+/t38-,40-,41?,42-,44-,46+,47?,48+,50-,51?,52?,53-,55-,56+,61-/m1/s1. The summed E-state index contributed by atoms with van der Waals surface area (Å²) in [7, 11) is 2.94. The number of carbonyl (C=O) groups excluding carboxylic acids is 6. The fourth-order valence-electron chi connectivity index (χ4n) is 11.5. The third-order valence-electron chi connectivity index (χ3n) is 16.4. The molecule has 0 aromatic heterocycles. The summed E-state index contributed by atoms with van der Waals surface area (Å²) in [5.74, 6) is -8.59. The highest BCUT2D eigenvalue weighted by molar-refractivity contribution is 6.39. The molecule has 2 bridgehead atoms. The summed E-state index contributed by atoms with van der Waals surface area (Å²) in [6, 6.07) is 8.61. The zero-order chi connectivity index (χ0) is 57.1. The first-order valence-corrected chi connectivity index (χ1v) is 28.4. The number of rotatable bonds is 12. The van der Waals surface area contributed by atoms with Gasteiger partial charge < -0.3 is 54.0 Å². The molecule has 17 heteroatoms. The highest BCUT2D eigenvalue weighted by atomic mass is 16.6. The van der Waals surface area contributed by atoms with Crippen molar-refractivity contribution >= 4 is 35.3 Å². The molecule has 4 unspecified atom stereocenters. The first-order valence-electron chi connectivity index (χ1n) is 28.4. The van der Waals surface area contributed by atoms with E-state index in [4.69, 9.17) is 28.4 Å². The Morgan fingerprint density at radius 1 is 0.885 bits per heavy atom. The topological polar surface area (TPSA) is 234 Å². The fourth-order valence-corrected chi connectivity index (χ4v) is 11.5. The number of piperidine rings is 1. The van der Waals surface area contributed by atoms with Crippen LogP contribution in [0.15, 0.2) is 77.9 Å². The number of hydrogen-bond donors (Lipinski definition) is 4. The molecule has 15 atom stereocenters. The lowest BCUT2D eigenvalue weighted by atomic mass is 9.78. The molecule has 3 aliphatic heterocycles. The van der Waals surface area contributed by atoms with Gasteiger partial charge >= 0.3 is 12.1 Å². The van der Waals surface area contributed by atoms with Crippen molar-refractivity contribution in [2.24, 2.45) is 35.5 Å². The van der Waals surface area contributed by atoms with Crippen LogP contribution in [-0.2, 0) is 58.8 Å². The van der Waals surface area contributed by atoms with Crippen molar-refractivity contribution < 1.29 is 72.5 Å². The number of nitrogens with zero attached hydrogens (tertiary/aromatic N) is 1. The lowest BCUT2D eigenvalue weighted by molar-refractivity contribution is -0.266. The Morgan fingerprint density at radius 3 is 2.33 bits per heavy atom. The number of Topliss-reactive ketones (excluding diaryl/α,β-unsaturated/α-hetero) is 3. The second-order valence-electron chi connectivity index (χ2n) is 22.5. The minimum Gasteiger partial charge on any atom is -0.460 e. The first kappa shape index (κ1) is 63.9. The van der Waals surface area contributed by atoms with Crippen molar-refractivity contribution in [1.82, 2.24) is 10.2 Å². The van der Waals surface area contributed by atoms with Crippen molar-refractivity contribution in [1.29, 1.82) is 0 Å². The van der Waals surface area contributed by atoms with Crippen LogP contribution < -0.4 is 5.32 Å². The van der Waals surface area contributed by atoms with Gasteiger partial charge in [0.15, 0.2) is 5.78 Å². The van der Waals surface area contributed by atoms with Crippen LogP contribution in [0, 0.1) is 35.5 Å². The van der Waals surface area contributed by atoms with E-state index in [2.05, 4.69) is 5.32 Å². The number of aliphatic hydroxyl groups is 3. The minimum atomic E-state index is -2.51. The molecule has 0 radical (unpaired) electrons. The Bertz CT molecular complexity index is 2260. The van der Waals surface area contributed by atoms with Crippen LogP contribution in [0.3, 0.4) is 0 Å². The Balaban J connectivity index is 1.42. The molecule has 17 nitrogen and oxygen atoms in total. The van der Waals surface area contributed by atoms with Gasteiger partial charge in [0, 0.05) is 57.9 Å². The molecular formula is C61H90N2O15. The zero-order valence-electron chi connectivity index (χ0n) is 47.6. The third-order valence-corrected chi connectivity index (χ3v) is 16.4. The molecule has 434 valence electrons. The smallest absolute Gasteiger partial charge is 0.407 e. The van der Waals surface area contributed by atoms with Gasteiger partial charge in [-0.05, 0) is 119 Å². The maximum absolute atomic E-state index is 14.6. The van der Waals surface area contributed by atoms with Crippen molar-refractivity contribution in [2.45, 2.75) is 186 Å². The third kappa shape index (κ3) is 18.1. The number of nitrogens with one attached hydrogen (secondary N) is 1. The Kier molecular flexibility index (Phi) is 25.6. The molecule has 1 aliphatic carbocycles. The van der Waals surface area contributed by atoms with Crippen LogP contribution in [0.2, 0.25) is 0 Å². The van der Waals surface area contributed by atoms with E-state index < -0.39 is 102 Å². The van der Waals surface area contributed by atoms with E-state index >= 15 is 0 Å². The summed E-state index contributed by atoms with van der Waals surface area (Å²) in [4.78, 5) is 85.8. The zero-order valence-corrected chi connectivity index (χ0v) is 47.6. The van der Waals surface area contributed by atoms with Crippen LogP contribution >= 0.6 is 0 Å². The molecule has 1 aromatic rings. The summed E-state index contributed by atoms with van der Waals surface area (Å²) in [6.45, 7) is 12.8. The van der Waals surface area contributed by atoms with E-state index in [1.165, 1.54) is 12.0 Å². The van der Waals surface area contributed by atoms with Crippen molar-refractivity contribution in [3.63, 3.8) is 0 Å². The summed E-state index contributed by atoms with van der Waals surface area (Å²) in [5, 5.41) is 36.2. The van der Waals surface area contributed by atoms with Crippen molar-refractivity contribution in [2.75, 3.05) is 40.5 Å². The number of carbonyl (C=O) groups is 6. The molecule has 3 fully saturated rings. The number of hydrogen-bond acceptors (Lipinski definition) is 15. The van der Waals surface area contributed by atoms with Gasteiger partial charge in [0.2, 0.25) is 5.79 Å². The largest absolute Gasteiger partial charge is 0.460 e. The number of ketones is 3. The van der Waals surface area contributed by atoms with E-state index in [1.54, 1.807) is 40.9 Å². The quantitative estimate of drug-likeness (QED) is 0.0901. The molecule has 4 aliphatic rings. The SMILES string of the molecule is CO[C@@H]1C[C@H](CC(C)C2CC(=O)[C@H](C)/C=C(\C)[C@@H](O)[C@@H](OC)C(=O)[C@H](C)C[C@H](C)/C=C/C=C/C=C(\C)C(OCCO)CC3CC[C@@H](C)[C@@](O)(O3)C(=O)C(=O)N3CCCC[C@H]3C(=O)O2)CC[C@H]1OC(=O)NCCc1ccccc1. The number of aliphatic hydroxyl groups excluding tert-OH is 2. The molecule has 2 saturated heterocycles. The summed E-state index contributed by atoms with van der Waals surface area (Å²) < 4.78 is 35.9. The van der Waals surface area contributed by atoms with Crippen molar-refractivity contribution in [3.05, 3.63) is 83.5 Å². The Labute approximate surface area is 462 Å². The Morgan fingerprint density at radius 2 is 1.63 bits per heavy atom. The second-order valence-corrected chi connectivity index (χ2v) is 22.5. The fraction of sp³-hybridized carbons (Fsp3) is 0.672. The van der Waals surface area contributed by atoms with Gasteiger partial charge in [0.05, 0.1) is 31.5 Å². The molecular weight excluding hydrogens is 1000 g/mol. The van der Waals surface area contributed by atoms with Gasteiger partial charge in [-0.2, -0.15) is 0 Å². The van der Waals surface area contributed by atoms with E-state index in [0.717, 1.165) is 11.1 Å². The average molecular weight is 1090 g/mol. The van der Waals surface area contributed by atoms with Gasteiger partial charge in [-0.3, -0.25) is 19.2 Å². The van der Waals surface area contributed by atoms with Crippen LogP contribution in [0.1, 0.15) is 131 Å². The van der Waals surface area contributed by atoms with Gasteiger partial charge in [-0.25, -0.2) is 9.59 Å². The maximum atomic E-state index is 14.6. The van der Waals surface area contributed by atoms with Gasteiger partial charge in [0.1, 0.15) is 36.2 Å². The monoisotopic (exact) mass is 1090 g/mol. The summed E-state index contributed by atoms with van der Waals surface area (Å²) in [5.41, 5.74) is 2.24. The number of benzene rings is 1. The van der Waals surface area contributed by atoms with E-state index in [9.17, 15) is 44.1 Å². The first-order chi connectivity index (χ1) is 37.2. The molecule has 1 saturated carbocycles. The van der Waals surface area contributed by atoms with E-state index in [1.807, 2.05) is 81.5 Å². The van der Waals surface area contributed by atoms with Crippen LogP contribution in [0.25, 0.3) is 0 Å². The molecule has 3 heterocycles. The number of allylic oxidation sites excluding steroid dienone is 6. The normalized spacial score (nSPS) is 35.5. The predicted molar refractivity (Wildman–Crippen MR) is 294 cm³/mol. The van der Waals surface area contributed by atoms with E-state index in [-0.39, 0.29) is 62.4 Å². The van der Waals surface area contributed by atoms with Crippen LogP contribution in [-0.4, -0.2) is 151 Å². The molecule has 1 aromatic carbocycles. The number of amides is 2. The van der Waals surface area contributed by atoms with Gasteiger partial charge in [-0.15, -0.1) is 0 Å². The van der Waals surface area contributed by atoms with Crippen LogP contribution in [0.4, 0.5) is 4.79 Å². The summed E-state index contributed by atoms with van der Waals surface area (Å²) >= 11 is 0. The lowest BCUT2D eigenvalue weighted by Gasteiger charge is -2.43. The molecule has 4 N–H and O–H groups in total. The molecule has 5 rings (SSSR count). The maximum Gasteiger partial charge on any atom is 0.407 e. The highest BCUT2D eigenvalue weighted by Gasteiger charge is 2.53. The number of methoxy groups -OCH3 is 2. The van der Waals surface area contributed by atoms with Gasteiger partial charge in [0.25, 0.3) is 11.7 Å². The lowest BCUT2D eigenvalue weighted by Crippen LogP contribution is -2.61. The number of ether oxygens (including phenoxy) is 6. The minimum absolute atomic E-state index is 0.0229. The van der Waals surface area contributed by atoms with Gasteiger partial charge in [-0.1, -0.05) is 101 Å². The van der Waals surface area contributed by atoms with E-state index in [0.29, 0.717) is 76.3 Å².